The zero-order chi connectivity index (χ0) is 20.3. The molecule has 0 heterocycles. The van der Waals surface area contributed by atoms with Gasteiger partial charge in [-0.25, -0.2) is 0 Å². The number of nitrogens with one attached hydrogen (secondary N) is 1. The predicted octanol–water partition coefficient (Wildman–Crippen LogP) is 4.49. The lowest BCUT2D eigenvalue weighted by atomic mass is 10.3. The maximum absolute atomic E-state index is 12.3. The van der Waals surface area contributed by atoms with Gasteiger partial charge in [-0.05, 0) is 72.3 Å². The Morgan fingerprint density at radius 2 is 1.20 bits per heavy atom. The molecule has 0 aliphatic carbocycles. The van der Waals surface area contributed by atoms with E-state index in [-0.39, 0.29) is 11.6 Å². The lowest BCUT2D eigenvalue weighted by Gasteiger charge is -2.46. The summed E-state index contributed by atoms with van der Waals surface area (Å²) in [7, 11) is -9.03. The van der Waals surface area contributed by atoms with Crippen LogP contribution in [-0.2, 0) is 17.1 Å². The molecule has 0 saturated heterocycles. The summed E-state index contributed by atoms with van der Waals surface area (Å²) in [6.45, 7) is 26.8. The highest BCUT2D eigenvalue weighted by Gasteiger charge is 2.56. The van der Waals surface area contributed by atoms with Crippen LogP contribution in [0.4, 0.5) is 0 Å². The van der Waals surface area contributed by atoms with Gasteiger partial charge >= 0.3 is 8.80 Å². The monoisotopic (exact) mass is 421 g/mol. The molecule has 0 radical (unpaired) electrons. The fourth-order valence-electron chi connectivity index (χ4n) is 2.28. The average molecular weight is 422 g/mol. The molecule has 5 nitrogen and oxygen atoms in total. The van der Waals surface area contributed by atoms with Gasteiger partial charge in [-0.15, -0.1) is 0 Å². The molecule has 1 atom stereocenters. The SMILES string of the molecule is C=C(C)C(=O)NC(CC)[Si](O[Si](C)(C)C)(O[Si](C)(C)C)O[Si](C)(C)C. The number of rotatable bonds is 10. The van der Waals surface area contributed by atoms with Crippen molar-refractivity contribution in [1.29, 1.82) is 0 Å². The van der Waals surface area contributed by atoms with Gasteiger partial charge < -0.3 is 17.7 Å². The van der Waals surface area contributed by atoms with E-state index in [1.165, 1.54) is 0 Å². The third kappa shape index (κ3) is 10.0. The maximum atomic E-state index is 12.3. The molecule has 0 aromatic heterocycles. The topological polar surface area (TPSA) is 56.8 Å². The first-order valence-electron chi connectivity index (χ1n) is 8.98. The molecule has 0 aromatic carbocycles. The van der Waals surface area contributed by atoms with E-state index in [2.05, 4.69) is 70.8 Å². The molecular formula is C16H39NO4Si4. The van der Waals surface area contributed by atoms with Gasteiger partial charge in [0.25, 0.3) is 0 Å². The van der Waals surface area contributed by atoms with Crippen LogP contribution in [0.2, 0.25) is 58.9 Å². The lowest BCUT2D eigenvalue weighted by Crippen LogP contribution is -2.70. The number of amides is 1. The molecule has 1 N–H and O–H groups in total. The van der Waals surface area contributed by atoms with E-state index in [1.807, 2.05) is 6.92 Å². The number of carbonyl (C=O) groups excluding carboxylic acids is 1. The van der Waals surface area contributed by atoms with Crippen LogP contribution in [0.5, 0.6) is 0 Å². The molecule has 0 bridgehead atoms. The van der Waals surface area contributed by atoms with E-state index in [0.29, 0.717) is 12.0 Å². The minimum absolute atomic E-state index is 0.166. The molecule has 1 amide bonds. The Bertz CT molecular complexity index is 437. The molecule has 0 spiro atoms. The van der Waals surface area contributed by atoms with Gasteiger partial charge in [0.1, 0.15) is 0 Å². The van der Waals surface area contributed by atoms with Crippen molar-refractivity contribution >= 4 is 39.7 Å². The first-order valence-corrected chi connectivity index (χ1v) is 21.0. The maximum Gasteiger partial charge on any atom is 0.493 e. The Hall–Kier alpha value is -0.0425. The molecule has 148 valence electrons. The Morgan fingerprint density at radius 3 is 1.40 bits per heavy atom. The van der Waals surface area contributed by atoms with Crippen molar-refractivity contribution < 1.29 is 17.1 Å². The van der Waals surface area contributed by atoms with Crippen molar-refractivity contribution in [3.8, 4) is 0 Å². The molecule has 0 aromatic rings. The van der Waals surface area contributed by atoms with Gasteiger partial charge in [-0.1, -0.05) is 13.5 Å². The van der Waals surface area contributed by atoms with E-state index >= 15 is 0 Å². The molecule has 1 unspecified atom stereocenters. The van der Waals surface area contributed by atoms with E-state index in [4.69, 9.17) is 12.3 Å². The summed E-state index contributed by atoms with van der Waals surface area (Å²) in [4.78, 5) is 12.3. The summed E-state index contributed by atoms with van der Waals surface area (Å²) >= 11 is 0. The smallest absolute Gasteiger partial charge is 0.416 e. The number of hydrogen-bond acceptors (Lipinski definition) is 4. The van der Waals surface area contributed by atoms with Crippen molar-refractivity contribution in [1.82, 2.24) is 5.32 Å². The molecule has 0 aliphatic heterocycles. The third-order valence-electron chi connectivity index (χ3n) is 2.87. The number of carbonyl (C=O) groups is 1. The predicted molar refractivity (Wildman–Crippen MR) is 116 cm³/mol. The first kappa shape index (κ1) is 25.0. The Morgan fingerprint density at radius 1 is 0.880 bits per heavy atom. The fourth-order valence-corrected chi connectivity index (χ4v) is 16.7. The Balaban J connectivity index is 6.15. The first-order chi connectivity index (χ1) is 10.9. The second-order valence-corrected chi connectivity index (χ2v) is 26.5. The van der Waals surface area contributed by atoms with Crippen molar-refractivity contribution in [2.45, 2.75) is 84.9 Å². The zero-order valence-electron chi connectivity index (χ0n) is 18.1. The van der Waals surface area contributed by atoms with E-state index in [0.717, 1.165) is 0 Å². The van der Waals surface area contributed by atoms with Crippen LogP contribution >= 0.6 is 0 Å². The standard InChI is InChI=1S/C16H39NO4Si4/c1-13-15(17-16(18)14(2)3)25(19-22(4,5)6,20-23(7,8)9)21-24(10,11)12/h15H,2,13H2,1,3-12H3,(H,17,18). The summed E-state index contributed by atoms with van der Waals surface area (Å²) in [6.07, 6.45) is 0.699. The Labute approximate surface area is 159 Å². The molecule has 0 saturated carbocycles. The second-order valence-electron chi connectivity index (χ2n) is 9.46. The quantitative estimate of drug-likeness (QED) is 0.417. The highest BCUT2D eigenvalue weighted by Crippen LogP contribution is 2.29. The van der Waals surface area contributed by atoms with Gasteiger partial charge in [-0.2, -0.15) is 0 Å². The number of hydrogen-bond donors (Lipinski definition) is 1. The average Bonchev–Trinajstić information content (AvgIpc) is 2.28. The summed E-state index contributed by atoms with van der Waals surface area (Å²) in [5, 5.41) is 3.09. The molecule has 0 aliphatic rings. The van der Waals surface area contributed by atoms with Crippen LogP contribution in [0.3, 0.4) is 0 Å². The van der Waals surface area contributed by atoms with Gasteiger partial charge in [0.05, 0.1) is 5.67 Å². The highest BCUT2D eigenvalue weighted by molar-refractivity contribution is 6.90. The van der Waals surface area contributed by atoms with Gasteiger partial charge in [-0.3, -0.25) is 4.79 Å². The fraction of sp³-hybridized carbons (Fsp3) is 0.812. The van der Waals surface area contributed by atoms with Gasteiger partial charge in [0.15, 0.2) is 25.0 Å². The summed E-state index contributed by atoms with van der Waals surface area (Å²) in [6, 6.07) is 0. The van der Waals surface area contributed by atoms with E-state index in [9.17, 15) is 4.79 Å². The minimum Gasteiger partial charge on any atom is -0.416 e. The van der Waals surface area contributed by atoms with Crippen LogP contribution in [0.1, 0.15) is 20.3 Å². The molecule has 25 heavy (non-hydrogen) atoms. The van der Waals surface area contributed by atoms with Gasteiger partial charge in [0.2, 0.25) is 5.91 Å². The van der Waals surface area contributed by atoms with Crippen LogP contribution in [0.15, 0.2) is 12.2 Å². The molecule has 0 rings (SSSR count). The molecule has 9 heteroatoms. The van der Waals surface area contributed by atoms with Crippen LogP contribution < -0.4 is 5.32 Å². The third-order valence-corrected chi connectivity index (χ3v) is 15.0. The van der Waals surface area contributed by atoms with Crippen LogP contribution in [0, 0.1) is 0 Å². The Kier molecular flexibility index (Phi) is 8.75. The molecular weight excluding hydrogens is 383 g/mol. The zero-order valence-corrected chi connectivity index (χ0v) is 22.1. The normalized spacial score (nSPS) is 15.0. The summed E-state index contributed by atoms with van der Waals surface area (Å²) in [5.74, 6) is -0.166. The van der Waals surface area contributed by atoms with Crippen molar-refractivity contribution in [2.24, 2.45) is 0 Å². The van der Waals surface area contributed by atoms with Gasteiger partial charge in [0, 0.05) is 5.57 Å². The van der Waals surface area contributed by atoms with Crippen molar-refractivity contribution in [3.63, 3.8) is 0 Å². The molecule has 0 fully saturated rings. The van der Waals surface area contributed by atoms with Crippen molar-refractivity contribution in [3.05, 3.63) is 12.2 Å². The van der Waals surface area contributed by atoms with Crippen molar-refractivity contribution in [2.75, 3.05) is 0 Å². The summed E-state index contributed by atoms with van der Waals surface area (Å²) < 4.78 is 20.0. The summed E-state index contributed by atoms with van der Waals surface area (Å²) in [5.41, 5.74) is 0.220. The van der Waals surface area contributed by atoms with Crippen LogP contribution in [0.25, 0.3) is 0 Å². The van der Waals surface area contributed by atoms with E-state index < -0.39 is 33.8 Å². The second kappa shape index (κ2) is 8.76. The van der Waals surface area contributed by atoms with E-state index in [1.54, 1.807) is 6.92 Å². The lowest BCUT2D eigenvalue weighted by molar-refractivity contribution is -0.118. The minimum atomic E-state index is -3.13. The largest absolute Gasteiger partial charge is 0.493 e. The highest BCUT2D eigenvalue weighted by atomic mass is 28.5. The van der Waals surface area contributed by atoms with Crippen LogP contribution in [-0.4, -0.2) is 45.3 Å².